The average Bonchev–Trinajstić information content (AvgIpc) is 2.67. The summed E-state index contributed by atoms with van der Waals surface area (Å²) >= 11 is 2.28. The summed E-state index contributed by atoms with van der Waals surface area (Å²) in [5, 5.41) is 0. The molecule has 0 radical (unpaired) electrons. The summed E-state index contributed by atoms with van der Waals surface area (Å²) in [4.78, 5) is 4.07. The van der Waals surface area contributed by atoms with Crippen molar-refractivity contribution < 1.29 is 0 Å². The van der Waals surface area contributed by atoms with Crippen molar-refractivity contribution in [1.29, 1.82) is 0 Å². The fourth-order valence-electron chi connectivity index (χ4n) is 1.31. The van der Waals surface area contributed by atoms with Gasteiger partial charge in [0, 0.05) is 22.0 Å². The maximum absolute atomic E-state index is 5.60. The SMILES string of the molecule is NCc1cncn1-c1ccc(I)cc1. The van der Waals surface area contributed by atoms with Crippen molar-refractivity contribution in [3.05, 3.63) is 46.1 Å². The summed E-state index contributed by atoms with van der Waals surface area (Å²) in [7, 11) is 0. The van der Waals surface area contributed by atoms with E-state index in [1.807, 2.05) is 4.57 Å². The van der Waals surface area contributed by atoms with E-state index in [9.17, 15) is 0 Å². The van der Waals surface area contributed by atoms with Crippen molar-refractivity contribution in [2.24, 2.45) is 5.73 Å². The second-order valence-corrected chi connectivity index (χ2v) is 4.18. The first-order valence-corrected chi connectivity index (χ1v) is 5.36. The summed E-state index contributed by atoms with van der Waals surface area (Å²) < 4.78 is 3.22. The largest absolute Gasteiger partial charge is 0.325 e. The van der Waals surface area contributed by atoms with Crippen LogP contribution in [0.2, 0.25) is 0 Å². The van der Waals surface area contributed by atoms with Gasteiger partial charge < -0.3 is 10.3 Å². The number of imidazole rings is 1. The Balaban J connectivity index is 2.44. The molecule has 0 spiro atoms. The van der Waals surface area contributed by atoms with E-state index in [-0.39, 0.29) is 0 Å². The van der Waals surface area contributed by atoms with Crippen LogP contribution in [0.15, 0.2) is 36.8 Å². The quantitative estimate of drug-likeness (QED) is 0.861. The summed E-state index contributed by atoms with van der Waals surface area (Å²) in [6.45, 7) is 0.506. The fourth-order valence-corrected chi connectivity index (χ4v) is 1.67. The van der Waals surface area contributed by atoms with Crippen molar-refractivity contribution in [2.45, 2.75) is 6.54 Å². The van der Waals surface area contributed by atoms with Gasteiger partial charge in [-0.05, 0) is 46.9 Å². The molecule has 0 aliphatic heterocycles. The third kappa shape index (κ3) is 1.80. The Morgan fingerprint density at radius 1 is 1.29 bits per heavy atom. The molecule has 2 aromatic rings. The van der Waals surface area contributed by atoms with Crippen molar-refractivity contribution in [2.75, 3.05) is 0 Å². The Hall–Kier alpha value is -0.880. The van der Waals surface area contributed by atoms with Gasteiger partial charge in [-0.2, -0.15) is 0 Å². The number of hydrogen-bond acceptors (Lipinski definition) is 2. The highest BCUT2D eigenvalue weighted by Gasteiger charge is 2.01. The van der Waals surface area contributed by atoms with E-state index in [0.717, 1.165) is 11.4 Å². The second-order valence-electron chi connectivity index (χ2n) is 2.94. The molecule has 0 atom stereocenters. The standard InChI is InChI=1S/C10H10IN3/c11-8-1-3-9(4-2-8)14-7-13-6-10(14)5-12/h1-4,6-7H,5,12H2. The van der Waals surface area contributed by atoms with Gasteiger partial charge in [-0.25, -0.2) is 4.98 Å². The molecule has 4 heteroatoms. The van der Waals surface area contributed by atoms with E-state index >= 15 is 0 Å². The number of aromatic nitrogens is 2. The molecule has 1 aromatic carbocycles. The zero-order valence-corrected chi connectivity index (χ0v) is 9.68. The van der Waals surface area contributed by atoms with Crippen molar-refractivity contribution in [3.63, 3.8) is 0 Å². The number of hydrogen-bond donors (Lipinski definition) is 1. The van der Waals surface area contributed by atoms with Gasteiger partial charge in [0.15, 0.2) is 0 Å². The summed E-state index contributed by atoms with van der Waals surface area (Å²) in [5.41, 5.74) is 7.72. The molecule has 0 unspecified atom stereocenters. The molecule has 14 heavy (non-hydrogen) atoms. The van der Waals surface area contributed by atoms with E-state index in [1.165, 1.54) is 3.57 Å². The minimum absolute atomic E-state index is 0.506. The van der Waals surface area contributed by atoms with Crippen LogP contribution in [0.1, 0.15) is 5.69 Å². The normalized spacial score (nSPS) is 10.4. The molecule has 0 bridgehead atoms. The molecule has 2 N–H and O–H groups in total. The van der Waals surface area contributed by atoms with Crippen molar-refractivity contribution in [3.8, 4) is 5.69 Å². The number of halogens is 1. The van der Waals surface area contributed by atoms with E-state index in [2.05, 4.69) is 51.8 Å². The van der Waals surface area contributed by atoms with E-state index < -0.39 is 0 Å². The maximum Gasteiger partial charge on any atom is 0.0994 e. The molecule has 1 heterocycles. The van der Waals surface area contributed by atoms with Crippen LogP contribution in [0.3, 0.4) is 0 Å². The zero-order chi connectivity index (χ0) is 9.97. The fraction of sp³-hybridized carbons (Fsp3) is 0.100. The topological polar surface area (TPSA) is 43.8 Å². The number of nitrogens with zero attached hydrogens (tertiary/aromatic N) is 2. The molecule has 0 saturated heterocycles. The van der Waals surface area contributed by atoms with Gasteiger partial charge >= 0.3 is 0 Å². The summed E-state index contributed by atoms with van der Waals surface area (Å²) in [6, 6.07) is 8.25. The highest BCUT2D eigenvalue weighted by atomic mass is 127. The highest BCUT2D eigenvalue weighted by molar-refractivity contribution is 14.1. The van der Waals surface area contributed by atoms with Crippen molar-refractivity contribution in [1.82, 2.24) is 9.55 Å². The lowest BCUT2D eigenvalue weighted by Gasteiger charge is -2.05. The summed E-state index contributed by atoms with van der Waals surface area (Å²) in [5.74, 6) is 0. The lowest BCUT2D eigenvalue weighted by Crippen LogP contribution is -2.04. The van der Waals surface area contributed by atoms with Crippen molar-refractivity contribution >= 4 is 22.6 Å². The Labute approximate surface area is 96.1 Å². The van der Waals surface area contributed by atoms with Gasteiger partial charge in [-0.3, -0.25) is 0 Å². The zero-order valence-electron chi connectivity index (χ0n) is 7.52. The first kappa shape index (κ1) is 9.67. The predicted octanol–water partition coefficient (Wildman–Crippen LogP) is 1.94. The molecule has 3 nitrogen and oxygen atoms in total. The number of rotatable bonds is 2. The maximum atomic E-state index is 5.60. The molecule has 0 aliphatic rings. The molecule has 0 aliphatic carbocycles. The molecular weight excluding hydrogens is 289 g/mol. The second kappa shape index (κ2) is 4.10. The first-order valence-electron chi connectivity index (χ1n) is 4.28. The molecule has 2 rings (SSSR count). The van der Waals surface area contributed by atoms with E-state index in [4.69, 9.17) is 5.73 Å². The molecular formula is C10H10IN3. The predicted molar refractivity (Wildman–Crippen MR) is 64.2 cm³/mol. The van der Waals surface area contributed by atoms with Crippen LogP contribution in [0.25, 0.3) is 5.69 Å². The Morgan fingerprint density at radius 2 is 2.00 bits per heavy atom. The average molecular weight is 299 g/mol. The smallest absolute Gasteiger partial charge is 0.0994 e. The minimum atomic E-state index is 0.506. The van der Waals surface area contributed by atoms with Crippen LogP contribution in [0, 0.1) is 3.57 Å². The Kier molecular flexibility index (Phi) is 2.83. The molecule has 0 saturated carbocycles. The first-order chi connectivity index (χ1) is 6.81. The minimum Gasteiger partial charge on any atom is -0.325 e. The molecule has 0 amide bonds. The van der Waals surface area contributed by atoms with Gasteiger partial charge in [0.05, 0.1) is 12.0 Å². The Bertz CT molecular complexity index is 419. The number of benzene rings is 1. The van der Waals surface area contributed by atoms with Gasteiger partial charge in [0.25, 0.3) is 0 Å². The molecule has 0 fully saturated rings. The monoisotopic (exact) mass is 299 g/mol. The lowest BCUT2D eigenvalue weighted by atomic mass is 10.3. The van der Waals surface area contributed by atoms with E-state index in [0.29, 0.717) is 6.54 Å². The van der Waals surface area contributed by atoms with Crippen LogP contribution in [-0.4, -0.2) is 9.55 Å². The third-order valence-electron chi connectivity index (χ3n) is 2.03. The van der Waals surface area contributed by atoms with Crippen LogP contribution < -0.4 is 5.73 Å². The molecule has 1 aromatic heterocycles. The van der Waals surface area contributed by atoms with E-state index in [1.54, 1.807) is 12.5 Å². The highest BCUT2D eigenvalue weighted by Crippen LogP contribution is 2.13. The summed E-state index contributed by atoms with van der Waals surface area (Å²) in [6.07, 6.45) is 3.57. The molecule has 72 valence electrons. The van der Waals surface area contributed by atoms with Gasteiger partial charge in [-0.1, -0.05) is 0 Å². The lowest BCUT2D eigenvalue weighted by molar-refractivity contribution is 0.910. The number of nitrogens with two attached hydrogens (primary N) is 1. The Morgan fingerprint density at radius 3 is 2.64 bits per heavy atom. The van der Waals surface area contributed by atoms with Gasteiger partial charge in [-0.15, -0.1) is 0 Å². The van der Waals surface area contributed by atoms with Crippen LogP contribution in [-0.2, 0) is 6.54 Å². The van der Waals surface area contributed by atoms with Crippen LogP contribution in [0.5, 0.6) is 0 Å². The van der Waals surface area contributed by atoms with Crippen LogP contribution >= 0.6 is 22.6 Å². The third-order valence-corrected chi connectivity index (χ3v) is 2.75. The van der Waals surface area contributed by atoms with Gasteiger partial charge in [0.2, 0.25) is 0 Å². The van der Waals surface area contributed by atoms with Gasteiger partial charge in [0.1, 0.15) is 0 Å². The van der Waals surface area contributed by atoms with Crippen LogP contribution in [0.4, 0.5) is 0 Å².